The molecule has 4 amide bonds. The number of hydrogen-bond acceptors (Lipinski definition) is 19. The highest BCUT2D eigenvalue weighted by molar-refractivity contribution is 6.13. The van der Waals surface area contributed by atoms with E-state index in [9.17, 15) is 48.6 Å². The zero-order chi connectivity index (χ0) is 62.5. The second kappa shape index (κ2) is 25.8. The smallest absolute Gasteiger partial charge is 0.350 e. The van der Waals surface area contributed by atoms with Gasteiger partial charge in [-0.25, -0.2) is 19.8 Å². The fraction of sp³-hybridized carbons (Fsp3) is 0.369. The van der Waals surface area contributed by atoms with Gasteiger partial charge in [-0.15, -0.1) is 0 Å². The number of carbonyl (C=O) groups is 10. The first-order valence-electron chi connectivity index (χ1n) is 28.4. The number of aliphatic hydroxyl groups is 2. The molecular formula is C65H66N4O18. The lowest BCUT2D eigenvalue weighted by molar-refractivity contribution is -0.338. The number of aliphatic hydroxyl groups excluding tert-OH is 1. The van der Waals surface area contributed by atoms with Crippen LogP contribution in [0.4, 0.5) is 0 Å². The summed E-state index contributed by atoms with van der Waals surface area (Å²) in [6, 6.07) is 28.0. The van der Waals surface area contributed by atoms with Crippen molar-refractivity contribution in [2.45, 2.75) is 127 Å². The summed E-state index contributed by atoms with van der Waals surface area (Å²) in [6.07, 6.45) is -7.43. The van der Waals surface area contributed by atoms with Crippen molar-refractivity contribution in [3.63, 3.8) is 0 Å². The summed E-state index contributed by atoms with van der Waals surface area (Å²) in [7, 11) is 0. The van der Waals surface area contributed by atoms with E-state index in [-0.39, 0.29) is 76.1 Å². The predicted molar refractivity (Wildman–Crippen MR) is 307 cm³/mol. The molecule has 3 aliphatic carbocycles. The van der Waals surface area contributed by atoms with Crippen molar-refractivity contribution in [1.82, 2.24) is 15.6 Å². The fourth-order valence-electron chi connectivity index (χ4n) is 12.2. The van der Waals surface area contributed by atoms with E-state index in [4.69, 9.17) is 28.4 Å². The van der Waals surface area contributed by atoms with Crippen LogP contribution in [-0.2, 0) is 62.0 Å². The van der Waals surface area contributed by atoms with Crippen molar-refractivity contribution < 1.29 is 86.6 Å². The molecule has 5 aliphatic rings. The van der Waals surface area contributed by atoms with Gasteiger partial charge in [-0.05, 0) is 92.3 Å². The van der Waals surface area contributed by atoms with Crippen LogP contribution < -0.4 is 10.7 Å². The third kappa shape index (κ3) is 12.6. The Morgan fingerprint density at radius 1 is 0.759 bits per heavy atom. The normalized spacial score (nSPS) is 26.3. The average Bonchev–Trinajstić information content (AvgIpc) is 0.779. The van der Waals surface area contributed by atoms with Gasteiger partial charge in [-0.3, -0.25) is 38.5 Å². The van der Waals surface area contributed by atoms with E-state index in [2.05, 4.69) is 22.4 Å². The molecule has 454 valence electrons. The molecule has 22 nitrogen and oxygen atoms in total. The molecule has 87 heavy (non-hydrogen) atoms. The molecule has 4 aromatic rings. The van der Waals surface area contributed by atoms with Gasteiger partial charge in [0.15, 0.2) is 17.5 Å². The summed E-state index contributed by atoms with van der Waals surface area (Å²) in [6.45, 7) is 10.6. The van der Waals surface area contributed by atoms with Crippen LogP contribution in [-0.4, -0.2) is 141 Å². The summed E-state index contributed by atoms with van der Waals surface area (Å²) >= 11 is 0. The quantitative estimate of drug-likeness (QED) is 0.0213. The number of nitrogens with zero attached hydrogens (tertiary/aromatic N) is 2. The predicted octanol–water partition coefficient (Wildman–Crippen LogP) is 5.46. The van der Waals surface area contributed by atoms with E-state index < -0.39 is 120 Å². The first-order valence-corrected chi connectivity index (χ1v) is 28.4. The maximum absolute atomic E-state index is 15.7. The van der Waals surface area contributed by atoms with Crippen LogP contribution in [0.3, 0.4) is 0 Å². The topological polar surface area (TPSA) is 306 Å². The van der Waals surface area contributed by atoms with E-state index in [0.717, 1.165) is 18.7 Å². The summed E-state index contributed by atoms with van der Waals surface area (Å²) < 4.78 is 36.8. The standard InChI is InChI=1S/C65H66N4O18/c1-36-46(34-64(81)37(2)52(36)54(83-39(4)70)57(76)63(6)47(72)33-48-65(35-82-48,87-40(5)71)56(63)58(64)86-61(79)44-23-15-9-16-24-44)84-62(80)55(53(42-19-11-7-12-20-42)66-59(77)43-21-13-8-14-22-43)85-60(78)45-28-26-41(27-29-45)38(3)67-68-49(73)25-17-10-18-32-69-50(74)30-31-51(69)75/h7-9,11-16,19-24,26-31,46-48,53-56,58,72,81H,2,10,17-18,25,32-35H2,1,3-6H3,(H,66,77)(H,68,73)/b67-38+/t46-,47-,48+,53-,54+,55+,56?,58-,63+,64-,65-/m1/s1. The molecule has 1 saturated heterocycles. The van der Waals surface area contributed by atoms with E-state index in [1.165, 1.54) is 74.5 Å². The third-order valence-corrected chi connectivity index (χ3v) is 16.9. The van der Waals surface area contributed by atoms with E-state index in [1.54, 1.807) is 73.7 Å². The highest BCUT2D eigenvalue weighted by Gasteiger charge is 2.77. The van der Waals surface area contributed by atoms with Gasteiger partial charge in [0, 0.05) is 62.9 Å². The van der Waals surface area contributed by atoms with Crippen molar-refractivity contribution in [3.05, 3.63) is 179 Å². The summed E-state index contributed by atoms with van der Waals surface area (Å²) in [5, 5.41) is 33.0. The number of Topliss-reactive ketones (excluding diaryl/α,β-unsaturated/α-hetero) is 1. The molecule has 3 fully saturated rings. The number of ketones is 1. The lowest BCUT2D eigenvalue weighted by Gasteiger charge is -2.65. The number of hydrogen-bond donors (Lipinski definition) is 4. The van der Waals surface area contributed by atoms with Crippen molar-refractivity contribution in [1.29, 1.82) is 0 Å². The number of amides is 4. The summed E-state index contributed by atoms with van der Waals surface area (Å²) in [5.41, 5.74) is -3.59. The Morgan fingerprint density at radius 3 is 1.95 bits per heavy atom. The number of fused-ring (bicyclic) bond motifs is 5. The largest absolute Gasteiger partial charge is 0.455 e. The Hall–Kier alpha value is -9.25. The molecule has 0 radical (unpaired) electrons. The molecule has 2 heterocycles. The molecule has 2 bridgehead atoms. The number of benzene rings is 4. The van der Waals surface area contributed by atoms with Gasteiger partial charge >= 0.3 is 29.8 Å². The SMILES string of the molecule is C=C1C2=C(C)[C@H](OC(=O)[C@@H](OC(=O)c3ccc(/C(C)=N/NC(=O)CCCCCN4C(=O)C=CC4=O)cc3)[C@H](NC(=O)c3ccccc3)c3ccccc3)C[C@]1(O)[C@H](OC(=O)c1ccccc1)C1[C@@]3(OC(C)=O)CO[C@H]3C[C@@H](O)[C@]1(C)C(=O)[C@H]2OC(C)=O. The number of imide groups is 1. The Labute approximate surface area is 500 Å². The Balaban J connectivity index is 1.06. The van der Waals surface area contributed by atoms with Gasteiger partial charge in [0.25, 0.3) is 17.7 Å². The molecule has 11 atom stereocenters. The molecule has 22 heteroatoms. The van der Waals surface area contributed by atoms with Gasteiger partial charge in [-0.2, -0.15) is 5.10 Å². The summed E-state index contributed by atoms with van der Waals surface area (Å²) in [4.78, 5) is 138. The van der Waals surface area contributed by atoms with E-state index >= 15 is 9.59 Å². The molecule has 0 spiro atoms. The minimum Gasteiger partial charge on any atom is -0.455 e. The number of nitrogens with one attached hydrogen (secondary N) is 2. The molecule has 2 aliphatic heterocycles. The van der Waals surface area contributed by atoms with Crippen LogP contribution in [0.1, 0.15) is 121 Å². The van der Waals surface area contributed by atoms with Crippen LogP contribution in [0.25, 0.3) is 0 Å². The first-order chi connectivity index (χ1) is 41.5. The molecular weight excluding hydrogens is 1120 g/mol. The molecule has 9 rings (SSSR count). The van der Waals surface area contributed by atoms with Crippen LogP contribution in [0.2, 0.25) is 0 Å². The fourth-order valence-corrected chi connectivity index (χ4v) is 12.2. The minimum absolute atomic E-state index is 0.000472. The number of hydrazone groups is 1. The number of rotatable bonds is 20. The zero-order valence-corrected chi connectivity index (χ0v) is 48.4. The van der Waals surface area contributed by atoms with Crippen molar-refractivity contribution >= 4 is 65.0 Å². The maximum atomic E-state index is 15.7. The first kappa shape index (κ1) is 62.3. The van der Waals surface area contributed by atoms with Crippen LogP contribution >= 0.6 is 0 Å². The maximum Gasteiger partial charge on any atom is 0.350 e. The Bertz CT molecular complexity index is 3480. The minimum atomic E-state index is -2.66. The van der Waals surface area contributed by atoms with Crippen molar-refractivity contribution in [2.75, 3.05) is 13.2 Å². The monoisotopic (exact) mass is 1190 g/mol. The average molecular weight is 1190 g/mol. The number of carbonyl (C=O) groups excluding carboxylic acids is 10. The second-order valence-electron chi connectivity index (χ2n) is 22.4. The zero-order valence-electron chi connectivity index (χ0n) is 48.4. The summed E-state index contributed by atoms with van der Waals surface area (Å²) in [5.74, 6) is -9.71. The highest BCUT2D eigenvalue weighted by Crippen LogP contribution is 2.62. The molecule has 1 unspecified atom stereocenters. The van der Waals surface area contributed by atoms with Gasteiger partial charge in [0.05, 0.1) is 40.9 Å². The van der Waals surface area contributed by atoms with Crippen LogP contribution in [0.5, 0.6) is 0 Å². The van der Waals surface area contributed by atoms with Gasteiger partial charge in [-0.1, -0.05) is 91.9 Å². The number of ether oxygens (including phenoxy) is 6. The van der Waals surface area contributed by atoms with Crippen LogP contribution in [0, 0.1) is 11.3 Å². The van der Waals surface area contributed by atoms with Crippen LogP contribution in [0.15, 0.2) is 156 Å². The second-order valence-corrected chi connectivity index (χ2v) is 22.4. The third-order valence-electron chi connectivity index (χ3n) is 16.9. The lowest BCUT2D eigenvalue weighted by Crippen LogP contribution is -2.80. The number of esters is 5. The van der Waals surface area contributed by atoms with Crippen molar-refractivity contribution in [3.8, 4) is 0 Å². The molecule has 4 N–H and O–H groups in total. The van der Waals surface area contributed by atoms with Crippen molar-refractivity contribution in [2.24, 2.45) is 16.4 Å². The molecule has 0 aromatic heterocycles. The van der Waals surface area contributed by atoms with Gasteiger partial charge in [0.2, 0.25) is 12.0 Å². The van der Waals surface area contributed by atoms with Gasteiger partial charge in [0.1, 0.15) is 30.0 Å². The Kier molecular flexibility index (Phi) is 18.4. The Morgan fingerprint density at radius 2 is 1.36 bits per heavy atom. The molecule has 4 aromatic carbocycles. The van der Waals surface area contributed by atoms with E-state index in [1.807, 2.05) is 0 Å². The van der Waals surface area contributed by atoms with Gasteiger partial charge < -0.3 is 44.0 Å². The highest BCUT2D eigenvalue weighted by atomic mass is 16.6. The van der Waals surface area contributed by atoms with E-state index in [0.29, 0.717) is 30.5 Å². The lowest BCUT2D eigenvalue weighted by atomic mass is 9.47. The number of unbranched alkanes of at least 4 members (excludes halogenated alkanes) is 2. The molecule has 2 saturated carbocycles.